The predicted molar refractivity (Wildman–Crippen MR) is 68.3 cm³/mol. The van der Waals surface area contributed by atoms with Crippen molar-refractivity contribution in [2.45, 2.75) is 12.3 Å². The maximum absolute atomic E-state index is 11.7. The van der Waals surface area contributed by atoms with Crippen LogP contribution in [0.25, 0.3) is 0 Å². The van der Waals surface area contributed by atoms with E-state index in [1.54, 1.807) is 25.3 Å². The van der Waals surface area contributed by atoms with E-state index in [1.807, 2.05) is 6.92 Å². The van der Waals surface area contributed by atoms with Crippen molar-refractivity contribution >= 4 is 33.4 Å². The summed E-state index contributed by atoms with van der Waals surface area (Å²) in [6.07, 6.45) is 0. The van der Waals surface area contributed by atoms with E-state index in [0.29, 0.717) is 17.9 Å². The quantitative estimate of drug-likeness (QED) is 0.869. The number of nitrogens with one attached hydrogen (secondary N) is 1. The minimum Gasteiger partial charge on any atom is -0.496 e. The van der Waals surface area contributed by atoms with Crippen molar-refractivity contribution in [2.24, 2.45) is 0 Å². The lowest BCUT2D eigenvalue weighted by Gasteiger charge is -2.08. The minimum atomic E-state index is -0.143. The van der Waals surface area contributed by atoms with Crippen LogP contribution in [-0.2, 0) is 0 Å². The van der Waals surface area contributed by atoms with E-state index in [1.165, 1.54) is 0 Å². The number of carbonyl (C=O) groups excluding carboxylic acids is 1. The summed E-state index contributed by atoms with van der Waals surface area (Å²) in [7, 11) is 1.58. The molecule has 0 heterocycles. The Kier molecular flexibility index (Phi) is 5.09. The summed E-state index contributed by atoms with van der Waals surface area (Å²) in [4.78, 5) is 11.7. The molecule has 0 spiro atoms. The van der Waals surface area contributed by atoms with Crippen molar-refractivity contribution in [3.8, 4) is 5.75 Å². The van der Waals surface area contributed by atoms with Gasteiger partial charge in [0.05, 0.1) is 11.6 Å². The van der Waals surface area contributed by atoms with Crippen molar-refractivity contribution in [2.75, 3.05) is 13.7 Å². The van der Waals surface area contributed by atoms with Crippen LogP contribution < -0.4 is 10.1 Å². The Morgan fingerprint density at radius 3 is 2.81 bits per heavy atom. The number of halogens is 2. The van der Waals surface area contributed by atoms with Gasteiger partial charge >= 0.3 is 0 Å². The number of benzene rings is 1. The molecule has 1 N–H and O–H groups in total. The SMILES string of the molecule is COc1ccc(C(=O)NCC(C)Cl)cc1Br. The molecule has 0 radical (unpaired) electrons. The number of hydrogen-bond donors (Lipinski definition) is 1. The Morgan fingerprint density at radius 1 is 1.62 bits per heavy atom. The van der Waals surface area contributed by atoms with Gasteiger partial charge in [-0.1, -0.05) is 0 Å². The van der Waals surface area contributed by atoms with Gasteiger partial charge in [0.15, 0.2) is 0 Å². The summed E-state index contributed by atoms with van der Waals surface area (Å²) in [6, 6.07) is 5.16. The largest absolute Gasteiger partial charge is 0.496 e. The maximum Gasteiger partial charge on any atom is 0.251 e. The highest BCUT2D eigenvalue weighted by Gasteiger charge is 2.09. The van der Waals surface area contributed by atoms with Crippen LogP contribution in [-0.4, -0.2) is 24.9 Å². The normalized spacial score (nSPS) is 12.0. The predicted octanol–water partition coefficient (Wildman–Crippen LogP) is 2.81. The molecule has 0 aromatic heterocycles. The Labute approximate surface area is 108 Å². The number of rotatable bonds is 4. The first kappa shape index (κ1) is 13.3. The van der Waals surface area contributed by atoms with Crippen molar-refractivity contribution in [1.82, 2.24) is 5.32 Å². The lowest BCUT2D eigenvalue weighted by atomic mass is 10.2. The zero-order valence-corrected chi connectivity index (χ0v) is 11.4. The molecule has 1 unspecified atom stereocenters. The molecule has 3 nitrogen and oxygen atoms in total. The van der Waals surface area contributed by atoms with Gasteiger partial charge in [-0.2, -0.15) is 0 Å². The molecule has 0 aliphatic carbocycles. The third-order valence-corrected chi connectivity index (χ3v) is 2.73. The van der Waals surface area contributed by atoms with Crippen LogP contribution in [0.1, 0.15) is 17.3 Å². The molecule has 1 atom stereocenters. The smallest absolute Gasteiger partial charge is 0.251 e. The Hall–Kier alpha value is -0.740. The molecule has 0 aliphatic heterocycles. The minimum absolute atomic E-state index is 0.0781. The van der Waals surface area contributed by atoms with Gasteiger partial charge in [0, 0.05) is 17.5 Å². The van der Waals surface area contributed by atoms with Crippen LogP contribution in [0, 0.1) is 0 Å². The Bertz CT molecular complexity index is 382. The summed E-state index contributed by atoms with van der Waals surface area (Å²) in [5.74, 6) is 0.554. The van der Waals surface area contributed by atoms with Gasteiger partial charge in [0.2, 0.25) is 0 Å². The highest BCUT2D eigenvalue weighted by Crippen LogP contribution is 2.25. The van der Waals surface area contributed by atoms with Gasteiger partial charge in [-0.3, -0.25) is 4.79 Å². The number of carbonyl (C=O) groups is 1. The molecular formula is C11H13BrClNO2. The molecule has 0 aliphatic rings. The van der Waals surface area contributed by atoms with Crippen LogP contribution in [0.5, 0.6) is 5.75 Å². The zero-order valence-electron chi connectivity index (χ0n) is 9.09. The summed E-state index contributed by atoms with van der Waals surface area (Å²) >= 11 is 9.07. The molecule has 0 fully saturated rings. The van der Waals surface area contributed by atoms with Crippen LogP contribution in [0.15, 0.2) is 22.7 Å². The number of amides is 1. The van der Waals surface area contributed by atoms with E-state index in [2.05, 4.69) is 21.2 Å². The molecule has 0 saturated heterocycles. The maximum atomic E-state index is 11.7. The summed E-state index contributed by atoms with van der Waals surface area (Å²) < 4.78 is 5.83. The second-order valence-electron chi connectivity index (χ2n) is 3.34. The van der Waals surface area contributed by atoms with Crippen molar-refractivity contribution < 1.29 is 9.53 Å². The molecule has 5 heteroatoms. The molecule has 1 aromatic carbocycles. The zero-order chi connectivity index (χ0) is 12.1. The first-order chi connectivity index (χ1) is 7.54. The van der Waals surface area contributed by atoms with E-state index in [-0.39, 0.29) is 11.3 Å². The molecular weight excluding hydrogens is 293 g/mol. The van der Waals surface area contributed by atoms with Crippen LogP contribution in [0.3, 0.4) is 0 Å². The second-order valence-corrected chi connectivity index (χ2v) is 4.94. The average molecular weight is 307 g/mol. The third-order valence-electron chi connectivity index (χ3n) is 1.96. The van der Waals surface area contributed by atoms with Crippen molar-refractivity contribution in [1.29, 1.82) is 0 Å². The second kappa shape index (κ2) is 6.11. The average Bonchev–Trinajstić information content (AvgIpc) is 2.25. The first-order valence-corrected chi connectivity index (χ1v) is 6.03. The fourth-order valence-electron chi connectivity index (χ4n) is 1.14. The lowest BCUT2D eigenvalue weighted by Crippen LogP contribution is -2.28. The molecule has 0 saturated carbocycles. The monoisotopic (exact) mass is 305 g/mol. The number of hydrogen-bond acceptors (Lipinski definition) is 2. The first-order valence-electron chi connectivity index (χ1n) is 4.80. The van der Waals surface area contributed by atoms with Crippen molar-refractivity contribution in [3.63, 3.8) is 0 Å². The van der Waals surface area contributed by atoms with Crippen LogP contribution >= 0.6 is 27.5 Å². The van der Waals surface area contributed by atoms with Gasteiger partial charge in [-0.15, -0.1) is 11.6 Å². The summed E-state index contributed by atoms with van der Waals surface area (Å²) in [5, 5.41) is 2.65. The van der Waals surface area contributed by atoms with Gasteiger partial charge < -0.3 is 10.1 Å². The third kappa shape index (κ3) is 3.68. The van der Waals surface area contributed by atoms with Gasteiger partial charge in [0.25, 0.3) is 5.91 Å². The molecule has 16 heavy (non-hydrogen) atoms. The Morgan fingerprint density at radius 2 is 2.31 bits per heavy atom. The van der Waals surface area contributed by atoms with Gasteiger partial charge in [-0.25, -0.2) is 0 Å². The fraction of sp³-hybridized carbons (Fsp3) is 0.364. The molecule has 1 aromatic rings. The van der Waals surface area contributed by atoms with Crippen LogP contribution in [0.4, 0.5) is 0 Å². The number of alkyl halides is 1. The highest BCUT2D eigenvalue weighted by atomic mass is 79.9. The molecule has 0 bridgehead atoms. The molecule has 1 rings (SSSR count). The lowest BCUT2D eigenvalue weighted by molar-refractivity contribution is 0.0954. The van der Waals surface area contributed by atoms with E-state index in [4.69, 9.17) is 16.3 Å². The van der Waals surface area contributed by atoms with Gasteiger partial charge in [0.1, 0.15) is 5.75 Å². The van der Waals surface area contributed by atoms with E-state index < -0.39 is 0 Å². The van der Waals surface area contributed by atoms with E-state index in [9.17, 15) is 4.79 Å². The van der Waals surface area contributed by atoms with E-state index in [0.717, 1.165) is 4.47 Å². The highest BCUT2D eigenvalue weighted by molar-refractivity contribution is 9.10. The molecule has 1 amide bonds. The summed E-state index contributed by atoms with van der Waals surface area (Å²) in [5.41, 5.74) is 0.574. The van der Waals surface area contributed by atoms with E-state index >= 15 is 0 Å². The molecule has 88 valence electrons. The van der Waals surface area contributed by atoms with Gasteiger partial charge in [-0.05, 0) is 41.1 Å². The van der Waals surface area contributed by atoms with Crippen LogP contribution in [0.2, 0.25) is 0 Å². The number of methoxy groups -OCH3 is 1. The Balaban J connectivity index is 2.73. The fourth-order valence-corrected chi connectivity index (χ4v) is 1.76. The number of ether oxygens (including phenoxy) is 1. The topological polar surface area (TPSA) is 38.3 Å². The summed E-state index contributed by atoms with van der Waals surface area (Å²) in [6.45, 7) is 2.27. The van der Waals surface area contributed by atoms with Crippen molar-refractivity contribution in [3.05, 3.63) is 28.2 Å². The standard InChI is InChI=1S/C11H13BrClNO2/c1-7(13)6-14-11(15)8-3-4-10(16-2)9(12)5-8/h3-5,7H,6H2,1-2H3,(H,14,15).